The van der Waals surface area contributed by atoms with Gasteiger partial charge >= 0.3 is 12.1 Å². The summed E-state index contributed by atoms with van der Waals surface area (Å²) in [4.78, 5) is 20.6. The molecular formula is C6H8F3NO3. The Morgan fingerprint density at radius 1 is 1.46 bits per heavy atom. The Labute approximate surface area is 71.7 Å². The van der Waals surface area contributed by atoms with E-state index in [1.165, 1.54) is 0 Å². The number of nitrogens with one attached hydrogen (secondary N) is 1. The van der Waals surface area contributed by atoms with Crippen LogP contribution in [0.2, 0.25) is 0 Å². The van der Waals surface area contributed by atoms with Crippen molar-refractivity contribution in [3.63, 3.8) is 0 Å². The van der Waals surface area contributed by atoms with E-state index in [2.05, 4.69) is 0 Å². The van der Waals surface area contributed by atoms with Crippen LogP contribution >= 0.6 is 0 Å². The van der Waals surface area contributed by atoms with Crippen LogP contribution in [-0.4, -0.2) is 29.2 Å². The minimum Gasteiger partial charge on any atom is -0.480 e. The van der Waals surface area contributed by atoms with Crippen molar-refractivity contribution < 1.29 is 27.9 Å². The van der Waals surface area contributed by atoms with Crippen LogP contribution in [0.3, 0.4) is 0 Å². The molecule has 13 heavy (non-hydrogen) atoms. The van der Waals surface area contributed by atoms with Crippen molar-refractivity contribution >= 4 is 11.9 Å². The summed E-state index contributed by atoms with van der Waals surface area (Å²) in [6, 6.07) is -1.31. The lowest BCUT2D eigenvalue weighted by Gasteiger charge is -2.10. The van der Waals surface area contributed by atoms with E-state index < -0.39 is 30.5 Å². The fourth-order valence-corrected chi connectivity index (χ4v) is 0.536. The summed E-state index contributed by atoms with van der Waals surface area (Å²) in [5, 5.41) is 9.91. The molecule has 0 bridgehead atoms. The number of halogens is 3. The lowest BCUT2D eigenvalue weighted by atomic mass is 10.3. The molecule has 76 valence electrons. The Bertz CT molecular complexity index is 214. The maximum absolute atomic E-state index is 11.5. The predicted octanol–water partition coefficient (Wildman–Crippen LogP) is 0.528. The zero-order valence-corrected chi connectivity index (χ0v) is 6.68. The average Bonchev–Trinajstić information content (AvgIpc) is 1.81. The molecule has 2 N–H and O–H groups in total. The molecule has 0 saturated carbocycles. The third-order valence-electron chi connectivity index (χ3n) is 1.11. The molecule has 0 heterocycles. The van der Waals surface area contributed by atoms with E-state index in [0.29, 0.717) is 0 Å². The zero-order valence-electron chi connectivity index (χ0n) is 6.68. The van der Waals surface area contributed by atoms with Gasteiger partial charge in [0.1, 0.15) is 12.5 Å². The molecule has 4 nitrogen and oxygen atoms in total. The number of carbonyl (C=O) groups is 2. The molecule has 0 aromatic carbocycles. The van der Waals surface area contributed by atoms with Crippen LogP contribution in [0.25, 0.3) is 0 Å². The summed E-state index contributed by atoms with van der Waals surface area (Å²) in [5.41, 5.74) is 0. The molecule has 0 aromatic heterocycles. The zero-order chi connectivity index (χ0) is 10.6. The molecule has 7 heteroatoms. The highest BCUT2D eigenvalue weighted by atomic mass is 19.4. The normalized spacial score (nSPS) is 13.5. The molecule has 1 amide bonds. The van der Waals surface area contributed by atoms with Gasteiger partial charge in [-0.25, -0.2) is 0 Å². The number of aliphatic carboxylic acids is 1. The number of rotatable bonds is 3. The first-order valence-electron chi connectivity index (χ1n) is 3.31. The number of alkyl halides is 3. The Kier molecular flexibility index (Phi) is 3.70. The Morgan fingerprint density at radius 3 is 2.23 bits per heavy atom. The maximum Gasteiger partial charge on any atom is 0.397 e. The number of carboxylic acid groups (broad SMARTS) is 1. The van der Waals surface area contributed by atoms with Gasteiger partial charge in [-0.2, -0.15) is 13.2 Å². The van der Waals surface area contributed by atoms with E-state index in [-0.39, 0.29) is 0 Å². The molecule has 1 atom stereocenters. The second-order valence-electron chi connectivity index (χ2n) is 2.42. The van der Waals surface area contributed by atoms with E-state index in [0.717, 1.165) is 6.92 Å². The number of hydrogen-bond donors (Lipinski definition) is 2. The lowest BCUT2D eigenvalue weighted by Crippen LogP contribution is -2.40. The standard InChI is InChI=1S/C6H8F3NO3/c1-3(5(12)13)10-4(11)2-6(7,8)9/h3H,2H2,1H3,(H,10,11)(H,12,13)/t3-/m1/s1. The average molecular weight is 199 g/mol. The van der Waals surface area contributed by atoms with Crippen LogP contribution in [-0.2, 0) is 9.59 Å². The third-order valence-corrected chi connectivity index (χ3v) is 1.11. The van der Waals surface area contributed by atoms with Gasteiger partial charge in [-0.3, -0.25) is 9.59 Å². The Balaban J connectivity index is 3.96. The van der Waals surface area contributed by atoms with Gasteiger partial charge in [0, 0.05) is 0 Å². The third kappa shape index (κ3) is 5.94. The van der Waals surface area contributed by atoms with Gasteiger partial charge in [0.2, 0.25) is 5.91 Å². The van der Waals surface area contributed by atoms with Crippen molar-refractivity contribution in [1.82, 2.24) is 5.32 Å². The molecule has 0 aliphatic rings. The van der Waals surface area contributed by atoms with Gasteiger partial charge in [-0.15, -0.1) is 0 Å². The van der Waals surface area contributed by atoms with E-state index in [1.807, 2.05) is 0 Å². The number of amides is 1. The molecular weight excluding hydrogens is 191 g/mol. The first kappa shape index (κ1) is 11.7. The van der Waals surface area contributed by atoms with E-state index in [4.69, 9.17) is 5.11 Å². The molecule has 0 fully saturated rings. The fraction of sp³-hybridized carbons (Fsp3) is 0.667. The number of carbonyl (C=O) groups excluding carboxylic acids is 1. The second-order valence-corrected chi connectivity index (χ2v) is 2.42. The lowest BCUT2D eigenvalue weighted by molar-refractivity contribution is -0.156. The van der Waals surface area contributed by atoms with Crippen LogP contribution in [0.5, 0.6) is 0 Å². The minimum atomic E-state index is -4.61. The highest BCUT2D eigenvalue weighted by Crippen LogP contribution is 2.18. The summed E-state index contributed by atoms with van der Waals surface area (Å²) in [6.07, 6.45) is -6.27. The van der Waals surface area contributed by atoms with Gasteiger partial charge in [-0.05, 0) is 6.92 Å². The smallest absolute Gasteiger partial charge is 0.397 e. The van der Waals surface area contributed by atoms with Gasteiger partial charge in [0.25, 0.3) is 0 Å². The fourth-order valence-electron chi connectivity index (χ4n) is 0.536. The molecule has 0 aliphatic carbocycles. The Morgan fingerprint density at radius 2 is 1.92 bits per heavy atom. The summed E-state index contributed by atoms with van der Waals surface area (Å²) < 4.78 is 34.6. The molecule has 0 saturated heterocycles. The summed E-state index contributed by atoms with van der Waals surface area (Å²) >= 11 is 0. The summed E-state index contributed by atoms with van der Waals surface area (Å²) in [5.74, 6) is -2.72. The van der Waals surface area contributed by atoms with Crippen molar-refractivity contribution in [2.24, 2.45) is 0 Å². The summed E-state index contributed by atoms with van der Waals surface area (Å²) in [7, 11) is 0. The molecule has 0 radical (unpaired) electrons. The van der Waals surface area contributed by atoms with Crippen LogP contribution in [0.4, 0.5) is 13.2 Å². The minimum absolute atomic E-state index is 1.08. The largest absolute Gasteiger partial charge is 0.480 e. The Hall–Kier alpha value is -1.27. The van der Waals surface area contributed by atoms with Crippen molar-refractivity contribution in [2.45, 2.75) is 25.6 Å². The molecule has 0 aromatic rings. The molecule has 0 spiro atoms. The van der Waals surface area contributed by atoms with Crippen LogP contribution < -0.4 is 5.32 Å². The van der Waals surface area contributed by atoms with Crippen LogP contribution in [0, 0.1) is 0 Å². The highest BCUT2D eigenvalue weighted by molar-refractivity contribution is 5.83. The second kappa shape index (κ2) is 4.11. The van der Waals surface area contributed by atoms with E-state index in [9.17, 15) is 22.8 Å². The molecule has 0 unspecified atom stereocenters. The first-order valence-corrected chi connectivity index (χ1v) is 3.31. The topological polar surface area (TPSA) is 66.4 Å². The van der Waals surface area contributed by atoms with Gasteiger partial charge in [0.15, 0.2) is 0 Å². The molecule has 0 rings (SSSR count). The SMILES string of the molecule is C[C@@H](NC(=O)CC(F)(F)F)C(=O)O. The quantitative estimate of drug-likeness (QED) is 0.696. The molecule has 0 aliphatic heterocycles. The van der Waals surface area contributed by atoms with Gasteiger partial charge in [0.05, 0.1) is 0 Å². The van der Waals surface area contributed by atoms with Crippen LogP contribution in [0.1, 0.15) is 13.3 Å². The van der Waals surface area contributed by atoms with Crippen molar-refractivity contribution in [2.75, 3.05) is 0 Å². The predicted molar refractivity (Wildman–Crippen MR) is 35.9 cm³/mol. The van der Waals surface area contributed by atoms with E-state index in [1.54, 1.807) is 5.32 Å². The van der Waals surface area contributed by atoms with Gasteiger partial charge in [-0.1, -0.05) is 0 Å². The highest BCUT2D eigenvalue weighted by Gasteiger charge is 2.32. The number of carboxylic acids is 1. The first-order chi connectivity index (χ1) is 5.72. The van der Waals surface area contributed by atoms with Crippen molar-refractivity contribution in [3.05, 3.63) is 0 Å². The van der Waals surface area contributed by atoms with Crippen molar-refractivity contribution in [1.29, 1.82) is 0 Å². The number of hydrogen-bond acceptors (Lipinski definition) is 2. The van der Waals surface area contributed by atoms with Gasteiger partial charge < -0.3 is 10.4 Å². The summed E-state index contributed by atoms with van der Waals surface area (Å²) in [6.45, 7) is 1.08. The monoisotopic (exact) mass is 199 g/mol. The van der Waals surface area contributed by atoms with Crippen molar-refractivity contribution in [3.8, 4) is 0 Å². The maximum atomic E-state index is 11.5. The van der Waals surface area contributed by atoms with E-state index >= 15 is 0 Å². The van der Waals surface area contributed by atoms with Crippen LogP contribution in [0.15, 0.2) is 0 Å².